The number of rotatable bonds is 5. The van der Waals surface area contributed by atoms with Crippen molar-refractivity contribution in [3.05, 3.63) is 47.8 Å². The minimum atomic E-state index is -0.465. The van der Waals surface area contributed by atoms with Crippen molar-refractivity contribution < 1.29 is 9.53 Å². The Bertz CT molecular complexity index is 635. The van der Waals surface area contributed by atoms with E-state index in [-0.39, 0.29) is 5.91 Å². The quantitative estimate of drug-likeness (QED) is 0.847. The molecule has 1 fully saturated rings. The highest BCUT2D eigenvalue weighted by Crippen LogP contribution is 2.22. The molecule has 0 aliphatic carbocycles. The SMILES string of the molecule is COCc1cn(C(C(=O)N2CCCCC2)c2ccccc2)nn1. The molecule has 1 unspecified atom stereocenters. The highest BCUT2D eigenvalue weighted by Gasteiger charge is 2.29. The summed E-state index contributed by atoms with van der Waals surface area (Å²) in [5, 5.41) is 8.26. The number of nitrogens with zero attached hydrogens (tertiary/aromatic N) is 4. The Labute approximate surface area is 136 Å². The molecule has 1 saturated heterocycles. The van der Waals surface area contributed by atoms with Crippen molar-refractivity contribution in [2.24, 2.45) is 0 Å². The van der Waals surface area contributed by atoms with E-state index in [1.807, 2.05) is 35.2 Å². The van der Waals surface area contributed by atoms with Gasteiger partial charge in [0.05, 0.1) is 12.8 Å². The van der Waals surface area contributed by atoms with Gasteiger partial charge >= 0.3 is 0 Å². The summed E-state index contributed by atoms with van der Waals surface area (Å²) in [5.74, 6) is 0.0877. The van der Waals surface area contributed by atoms with Gasteiger partial charge in [0.15, 0.2) is 6.04 Å². The van der Waals surface area contributed by atoms with E-state index in [9.17, 15) is 4.79 Å². The number of piperidine rings is 1. The van der Waals surface area contributed by atoms with Crippen LogP contribution in [-0.2, 0) is 16.1 Å². The molecular weight excluding hydrogens is 292 g/mol. The lowest BCUT2D eigenvalue weighted by molar-refractivity contribution is -0.134. The van der Waals surface area contributed by atoms with Gasteiger partial charge < -0.3 is 9.64 Å². The van der Waals surface area contributed by atoms with E-state index in [0.717, 1.165) is 37.2 Å². The van der Waals surface area contributed by atoms with Gasteiger partial charge in [-0.3, -0.25) is 4.79 Å². The molecule has 23 heavy (non-hydrogen) atoms. The van der Waals surface area contributed by atoms with Crippen molar-refractivity contribution in [2.45, 2.75) is 31.9 Å². The van der Waals surface area contributed by atoms with Gasteiger partial charge in [-0.2, -0.15) is 0 Å². The first-order valence-electron chi connectivity index (χ1n) is 8.03. The Balaban J connectivity index is 1.91. The smallest absolute Gasteiger partial charge is 0.252 e. The monoisotopic (exact) mass is 314 g/mol. The first-order valence-corrected chi connectivity index (χ1v) is 8.03. The molecule has 1 aliphatic rings. The Hall–Kier alpha value is -2.21. The summed E-state index contributed by atoms with van der Waals surface area (Å²) >= 11 is 0. The number of carbonyl (C=O) groups excluding carboxylic acids is 1. The molecule has 2 aromatic rings. The first-order chi connectivity index (χ1) is 11.3. The minimum Gasteiger partial charge on any atom is -0.378 e. The average molecular weight is 314 g/mol. The number of hydrogen-bond donors (Lipinski definition) is 0. The van der Waals surface area contributed by atoms with Crippen LogP contribution in [0.25, 0.3) is 0 Å². The molecule has 6 heteroatoms. The summed E-state index contributed by atoms with van der Waals surface area (Å²) in [7, 11) is 1.62. The highest BCUT2D eigenvalue weighted by molar-refractivity contribution is 5.83. The van der Waals surface area contributed by atoms with Crippen molar-refractivity contribution in [2.75, 3.05) is 20.2 Å². The van der Waals surface area contributed by atoms with Gasteiger partial charge in [-0.05, 0) is 24.8 Å². The second-order valence-electron chi connectivity index (χ2n) is 5.82. The van der Waals surface area contributed by atoms with Crippen molar-refractivity contribution in [1.82, 2.24) is 19.9 Å². The molecule has 2 heterocycles. The summed E-state index contributed by atoms with van der Waals surface area (Å²) in [6.45, 7) is 2.03. The highest BCUT2D eigenvalue weighted by atomic mass is 16.5. The largest absolute Gasteiger partial charge is 0.378 e. The Morgan fingerprint density at radius 3 is 2.65 bits per heavy atom. The van der Waals surface area contributed by atoms with Crippen molar-refractivity contribution in [1.29, 1.82) is 0 Å². The van der Waals surface area contributed by atoms with Crippen LogP contribution in [0.2, 0.25) is 0 Å². The number of ether oxygens (including phenoxy) is 1. The number of methoxy groups -OCH3 is 1. The molecule has 0 saturated carbocycles. The van der Waals surface area contributed by atoms with Crippen molar-refractivity contribution >= 4 is 5.91 Å². The maximum atomic E-state index is 13.1. The third kappa shape index (κ3) is 3.59. The standard InChI is InChI=1S/C17H22N4O2/c1-23-13-15-12-21(19-18-15)16(14-8-4-2-5-9-14)17(22)20-10-6-3-7-11-20/h2,4-5,8-9,12,16H,3,6-7,10-11,13H2,1H3. The maximum absolute atomic E-state index is 13.1. The first kappa shape index (κ1) is 15.7. The maximum Gasteiger partial charge on any atom is 0.252 e. The van der Waals surface area contributed by atoms with Gasteiger partial charge in [0.25, 0.3) is 5.91 Å². The van der Waals surface area contributed by atoms with Crippen LogP contribution < -0.4 is 0 Å². The molecular formula is C17H22N4O2. The van der Waals surface area contributed by atoms with Gasteiger partial charge in [0.2, 0.25) is 0 Å². The molecule has 0 bridgehead atoms. The van der Waals surface area contributed by atoms with Crippen LogP contribution in [0.1, 0.15) is 36.6 Å². The van der Waals surface area contributed by atoms with Crippen LogP contribution in [0.15, 0.2) is 36.5 Å². The number of benzene rings is 1. The van der Waals surface area contributed by atoms with Crippen LogP contribution >= 0.6 is 0 Å². The van der Waals surface area contributed by atoms with Gasteiger partial charge in [-0.15, -0.1) is 5.10 Å². The average Bonchev–Trinajstić information content (AvgIpc) is 3.05. The lowest BCUT2D eigenvalue weighted by Crippen LogP contribution is -2.41. The zero-order valence-electron chi connectivity index (χ0n) is 13.4. The molecule has 3 rings (SSSR count). The number of carbonyl (C=O) groups is 1. The summed E-state index contributed by atoms with van der Waals surface area (Å²) in [6.07, 6.45) is 5.13. The van der Waals surface area contributed by atoms with Gasteiger partial charge in [-0.25, -0.2) is 4.68 Å². The van der Waals surface area contributed by atoms with E-state index >= 15 is 0 Å². The van der Waals surface area contributed by atoms with Crippen molar-refractivity contribution in [3.63, 3.8) is 0 Å². The third-order valence-electron chi connectivity index (χ3n) is 4.13. The second-order valence-corrected chi connectivity index (χ2v) is 5.82. The molecule has 0 N–H and O–H groups in total. The zero-order chi connectivity index (χ0) is 16.1. The molecule has 122 valence electrons. The summed E-state index contributed by atoms with van der Waals surface area (Å²) < 4.78 is 6.75. The molecule has 0 radical (unpaired) electrons. The molecule has 1 aromatic heterocycles. The summed E-state index contributed by atoms with van der Waals surface area (Å²) in [5.41, 5.74) is 1.65. The van der Waals surface area contributed by atoms with Crippen LogP contribution in [0.5, 0.6) is 0 Å². The molecule has 1 atom stereocenters. The number of aromatic nitrogens is 3. The van der Waals surface area contributed by atoms with Crippen LogP contribution in [-0.4, -0.2) is 46.0 Å². The summed E-state index contributed by atoms with van der Waals surface area (Å²) in [4.78, 5) is 15.0. The fraction of sp³-hybridized carbons (Fsp3) is 0.471. The topological polar surface area (TPSA) is 60.2 Å². The van der Waals surface area contributed by atoms with Gasteiger partial charge in [-0.1, -0.05) is 35.5 Å². The summed E-state index contributed by atoms with van der Waals surface area (Å²) in [6, 6.07) is 9.29. The predicted octanol–water partition coefficient (Wildman–Crippen LogP) is 2.03. The molecule has 0 spiro atoms. The zero-order valence-corrected chi connectivity index (χ0v) is 13.4. The van der Waals surface area contributed by atoms with Gasteiger partial charge in [0, 0.05) is 20.2 Å². The molecule has 1 aliphatic heterocycles. The molecule has 6 nitrogen and oxygen atoms in total. The lowest BCUT2D eigenvalue weighted by atomic mass is 10.0. The lowest BCUT2D eigenvalue weighted by Gasteiger charge is -2.30. The Kier molecular flexibility index (Phi) is 5.02. The van der Waals surface area contributed by atoms with E-state index in [0.29, 0.717) is 6.61 Å². The molecule has 1 aromatic carbocycles. The van der Waals surface area contributed by atoms with Gasteiger partial charge in [0.1, 0.15) is 5.69 Å². The Morgan fingerprint density at radius 1 is 1.22 bits per heavy atom. The number of amides is 1. The van der Waals surface area contributed by atoms with E-state index in [2.05, 4.69) is 10.3 Å². The van der Waals surface area contributed by atoms with E-state index in [4.69, 9.17) is 4.74 Å². The fourth-order valence-electron chi connectivity index (χ4n) is 2.98. The van der Waals surface area contributed by atoms with E-state index in [1.54, 1.807) is 18.0 Å². The molecule has 1 amide bonds. The van der Waals surface area contributed by atoms with Crippen LogP contribution in [0.3, 0.4) is 0 Å². The number of likely N-dealkylation sites (tertiary alicyclic amines) is 1. The van der Waals surface area contributed by atoms with Crippen molar-refractivity contribution in [3.8, 4) is 0 Å². The van der Waals surface area contributed by atoms with Crippen LogP contribution in [0.4, 0.5) is 0 Å². The third-order valence-corrected chi connectivity index (χ3v) is 4.13. The minimum absolute atomic E-state index is 0.0877. The second kappa shape index (κ2) is 7.37. The van der Waals surface area contributed by atoms with E-state index < -0.39 is 6.04 Å². The normalized spacial score (nSPS) is 16.3. The predicted molar refractivity (Wildman–Crippen MR) is 85.7 cm³/mol. The van der Waals surface area contributed by atoms with E-state index in [1.165, 1.54) is 6.42 Å². The number of hydrogen-bond acceptors (Lipinski definition) is 4. The Morgan fingerprint density at radius 2 is 1.96 bits per heavy atom. The van der Waals surface area contributed by atoms with Crippen LogP contribution in [0, 0.1) is 0 Å². The fourth-order valence-corrected chi connectivity index (χ4v) is 2.98.